The summed E-state index contributed by atoms with van der Waals surface area (Å²) in [6.07, 6.45) is 0. The summed E-state index contributed by atoms with van der Waals surface area (Å²) in [5.41, 5.74) is 0. The molecule has 0 aliphatic heterocycles. The van der Waals surface area contributed by atoms with Gasteiger partial charge in [-0.15, -0.1) is 0 Å². The third-order valence-corrected chi connectivity index (χ3v) is 4.58. The molecule has 0 bridgehead atoms. The highest BCUT2D eigenvalue weighted by Crippen LogP contribution is 2.24. The molecule has 0 atom stereocenters. The van der Waals surface area contributed by atoms with E-state index in [9.17, 15) is 14.4 Å². The van der Waals surface area contributed by atoms with E-state index in [1.807, 2.05) is 0 Å². The van der Waals surface area contributed by atoms with Gasteiger partial charge in [-0.05, 0) is 0 Å². The van der Waals surface area contributed by atoms with Crippen LogP contribution < -0.4 is 0 Å². The summed E-state index contributed by atoms with van der Waals surface area (Å²) >= 11 is 0. The third kappa shape index (κ3) is 13.0. The monoisotopic (exact) mass is 294 g/mol. The lowest BCUT2D eigenvalue weighted by molar-refractivity contribution is -0.141. The second-order valence-corrected chi connectivity index (χ2v) is 6.55. The predicted molar refractivity (Wildman–Crippen MR) is 73.5 cm³/mol. The molecule has 0 aliphatic rings. The van der Waals surface area contributed by atoms with Crippen molar-refractivity contribution in [3.63, 3.8) is 0 Å². The normalized spacial score (nSPS) is 10.6. The summed E-state index contributed by atoms with van der Waals surface area (Å²) in [5.74, 6) is 1.23. The smallest absolute Gasteiger partial charge is 0.302 e. The van der Waals surface area contributed by atoms with Gasteiger partial charge < -0.3 is 14.2 Å². The van der Waals surface area contributed by atoms with E-state index in [2.05, 4.69) is 0 Å². The van der Waals surface area contributed by atoms with Crippen LogP contribution >= 0.6 is 10.9 Å². The Balaban J connectivity index is 3.94. The van der Waals surface area contributed by atoms with Crippen LogP contribution in [-0.2, 0) is 28.6 Å². The summed E-state index contributed by atoms with van der Waals surface area (Å²) in [6, 6.07) is 0. The van der Waals surface area contributed by atoms with Gasteiger partial charge in [0.25, 0.3) is 0 Å². The van der Waals surface area contributed by atoms with Crippen LogP contribution in [0.3, 0.4) is 0 Å². The maximum atomic E-state index is 10.7. The van der Waals surface area contributed by atoms with Crippen molar-refractivity contribution in [3.05, 3.63) is 0 Å². The molecule has 0 radical (unpaired) electrons. The maximum absolute atomic E-state index is 10.7. The van der Waals surface area contributed by atoms with Gasteiger partial charge in [0.05, 0.1) is 19.8 Å². The van der Waals surface area contributed by atoms with E-state index in [1.54, 1.807) is 0 Å². The number of hydrogen-bond donors (Lipinski definition) is 1. The second kappa shape index (κ2) is 10.7. The zero-order valence-corrected chi connectivity index (χ0v) is 12.5. The van der Waals surface area contributed by atoms with Gasteiger partial charge in [-0.25, -0.2) is 10.9 Å². The van der Waals surface area contributed by atoms with E-state index >= 15 is 0 Å². The van der Waals surface area contributed by atoms with E-state index in [4.69, 9.17) is 14.2 Å². The first-order valence-corrected chi connectivity index (χ1v) is 7.94. The first-order chi connectivity index (χ1) is 8.91. The first-order valence-electron chi connectivity index (χ1n) is 6.04. The molecule has 0 spiro atoms. The van der Waals surface area contributed by atoms with Crippen LogP contribution in [0.25, 0.3) is 0 Å². The van der Waals surface area contributed by atoms with Crippen molar-refractivity contribution in [1.82, 2.24) is 0 Å². The largest absolute Gasteiger partial charge is 0.465 e. The summed E-state index contributed by atoms with van der Waals surface area (Å²) in [6.45, 7) is 5.13. The van der Waals surface area contributed by atoms with Crippen molar-refractivity contribution >= 4 is 28.8 Å². The molecular weight excluding hydrogens is 272 g/mol. The average Bonchev–Trinajstić information content (AvgIpc) is 2.26. The Kier molecular flexibility index (Phi) is 9.97. The SMILES string of the molecule is CC(=O)OCC[SH](CCOC(C)=O)CCOC(C)=O. The maximum Gasteiger partial charge on any atom is 0.302 e. The second-order valence-electron chi connectivity index (χ2n) is 3.86. The summed E-state index contributed by atoms with van der Waals surface area (Å²) in [5, 5.41) is 0. The fourth-order valence-corrected chi connectivity index (χ4v) is 3.01. The fraction of sp³-hybridized carbons (Fsp3) is 0.750. The Bertz CT molecular complexity index is 257. The molecule has 0 aromatic heterocycles. The molecule has 0 aromatic carbocycles. The highest BCUT2D eigenvalue weighted by molar-refractivity contribution is 8.17. The molecule has 0 unspecified atom stereocenters. The number of ether oxygens (including phenoxy) is 3. The zero-order chi connectivity index (χ0) is 14.7. The molecular formula is C12H22O6S. The Hall–Kier alpha value is -1.24. The van der Waals surface area contributed by atoms with Gasteiger partial charge in [-0.3, -0.25) is 14.4 Å². The van der Waals surface area contributed by atoms with Crippen LogP contribution in [0.15, 0.2) is 0 Å². The van der Waals surface area contributed by atoms with Gasteiger partial charge in [-0.2, -0.15) is 0 Å². The summed E-state index contributed by atoms with van der Waals surface area (Å²) in [4.78, 5) is 32.0. The predicted octanol–water partition coefficient (Wildman–Crippen LogP) is 0.677. The van der Waals surface area contributed by atoms with Crippen molar-refractivity contribution in [2.45, 2.75) is 20.8 Å². The quantitative estimate of drug-likeness (QED) is 0.383. The van der Waals surface area contributed by atoms with Gasteiger partial charge in [0, 0.05) is 38.0 Å². The fourth-order valence-electron chi connectivity index (χ4n) is 1.29. The molecule has 0 saturated heterocycles. The van der Waals surface area contributed by atoms with Gasteiger partial charge in [0.1, 0.15) is 0 Å². The van der Waals surface area contributed by atoms with Crippen LogP contribution in [0, 0.1) is 0 Å². The Labute approximate surface area is 116 Å². The van der Waals surface area contributed by atoms with Gasteiger partial charge >= 0.3 is 17.9 Å². The van der Waals surface area contributed by atoms with E-state index in [0.29, 0.717) is 19.8 Å². The number of carbonyl (C=O) groups is 3. The molecule has 0 aliphatic carbocycles. The molecule has 7 heteroatoms. The Morgan fingerprint density at radius 2 is 0.947 bits per heavy atom. The Morgan fingerprint density at radius 1 is 0.684 bits per heavy atom. The van der Waals surface area contributed by atoms with Crippen molar-refractivity contribution in [2.75, 3.05) is 37.1 Å². The van der Waals surface area contributed by atoms with E-state index < -0.39 is 10.9 Å². The van der Waals surface area contributed by atoms with Crippen molar-refractivity contribution in [2.24, 2.45) is 0 Å². The average molecular weight is 294 g/mol. The molecule has 0 heterocycles. The minimum absolute atomic E-state index is 0.310. The highest BCUT2D eigenvalue weighted by Gasteiger charge is 2.07. The van der Waals surface area contributed by atoms with Crippen LogP contribution in [0.4, 0.5) is 0 Å². The number of esters is 3. The minimum Gasteiger partial charge on any atom is -0.465 e. The van der Waals surface area contributed by atoms with Crippen LogP contribution in [0.2, 0.25) is 0 Å². The van der Waals surface area contributed by atoms with E-state index in [1.165, 1.54) is 20.8 Å². The number of rotatable bonds is 9. The van der Waals surface area contributed by atoms with E-state index in [0.717, 1.165) is 17.3 Å². The number of hydrogen-bond acceptors (Lipinski definition) is 6. The van der Waals surface area contributed by atoms with Crippen LogP contribution in [0.1, 0.15) is 20.8 Å². The van der Waals surface area contributed by atoms with Crippen molar-refractivity contribution < 1.29 is 28.6 Å². The standard InChI is InChI=1S/C12H22O6S/c1-10(13)16-4-7-19(8-5-17-11(2)14)9-6-18-12(3)15/h19H,4-9H2,1-3H3. The molecule has 0 N–H and O–H groups in total. The number of thiol groups is 1. The minimum atomic E-state index is -0.484. The topological polar surface area (TPSA) is 78.9 Å². The lowest BCUT2D eigenvalue weighted by atomic mass is 10.7. The van der Waals surface area contributed by atoms with Gasteiger partial charge in [0.2, 0.25) is 0 Å². The zero-order valence-electron chi connectivity index (χ0n) is 11.6. The summed E-state index contributed by atoms with van der Waals surface area (Å²) < 4.78 is 14.7. The van der Waals surface area contributed by atoms with E-state index in [-0.39, 0.29) is 17.9 Å². The van der Waals surface area contributed by atoms with Crippen LogP contribution in [-0.4, -0.2) is 55.0 Å². The molecule has 0 aromatic rings. The molecule has 0 rings (SSSR count). The molecule has 112 valence electrons. The highest BCUT2D eigenvalue weighted by atomic mass is 32.2. The van der Waals surface area contributed by atoms with Gasteiger partial charge in [0.15, 0.2) is 0 Å². The van der Waals surface area contributed by atoms with Gasteiger partial charge in [-0.1, -0.05) is 0 Å². The van der Waals surface area contributed by atoms with Crippen molar-refractivity contribution in [3.8, 4) is 0 Å². The van der Waals surface area contributed by atoms with Crippen molar-refractivity contribution in [1.29, 1.82) is 0 Å². The molecule has 0 saturated carbocycles. The van der Waals surface area contributed by atoms with Crippen LogP contribution in [0.5, 0.6) is 0 Å². The molecule has 19 heavy (non-hydrogen) atoms. The lowest BCUT2D eigenvalue weighted by Crippen LogP contribution is -2.15. The molecule has 0 amide bonds. The lowest BCUT2D eigenvalue weighted by Gasteiger charge is -2.20. The number of carbonyl (C=O) groups excluding carboxylic acids is 3. The molecule has 6 nitrogen and oxygen atoms in total. The Morgan fingerprint density at radius 3 is 1.16 bits per heavy atom. The molecule has 0 fully saturated rings. The third-order valence-electron chi connectivity index (χ3n) is 2.14. The summed E-state index contributed by atoms with van der Waals surface area (Å²) in [7, 11) is -0.484. The first kappa shape index (κ1) is 17.8.